The highest BCUT2D eigenvalue weighted by Gasteiger charge is 2.25. The summed E-state index contributed by atoms with van der Waals surface area (Å²) in [5, 5.41) is 0. The Morgan fingerprint density at radius 2 is 2.05 bits per heavy atom. The number of anilines is 1. The van der Waals surface area contributed by atoms with Gasteiger partial charge in [0.2, 0.25) is 10.0 Å². The molecule has 8 heteroatoms. The van der Waals surface area contributed by atoms with Crippen LogP contribution in [0.25, 0.3) is 0 Å². The summed E-state index contributed by atoms with van der Waals surface area (Å²) in [6.45, 7) is 0.243. The van der Waals surface area contributed by atoms with E-state index in [0.29, 0.717) is 10.0 Å². The van der Waals surface area contributed by atoms with Crippen LogP contribution >= 0.6 is 22.9 Å². The standard InChI is InChI=1S/C13H15ClN2O3S2/c1-16(8-10-4-6-13(14)20-10)21(17,18)12-5-3-9(15)7-11(12)19-2/h3-7H,8,15H2,1-2H3. The molecule has 0 aliphatic heterocycles. The first-order valence-electron chi connectivity index (χ1n) is 5.98. The predicted octanol–water partition coefficient (Wildman–Crippen LogP) is 2.81. The second-order valence-electron chi connectivity index (χ2n) is 4.38. The third-order valence-corrected chi connectivity index (χ3v) is 5.94. The molecule has 1 aromatic heterocycles. The number of benzene rings is 1. The molecule has 2 rings (SSSR count). The van der Waals surface area contributed by atoms with Crippen molar-refractivity contribution in [3.63, 3.8) is 0 Å². The van der Waals surface area contributed by atoms with E-state index in [9.17, 15) is 8.42 Å². The summed E-state index contributed by atoms with van der Waals surface area (Å²) in [5.41, 5.74) is 6.09. The molecule has 0 saturated carbocycles. The van der Waals surface area contributed by atoms with Crippen molar-refractivity contribution in [2.45, 2.75) is 11.4 Å². The van der Waals surface area contributed by atoms with E-state index < -0.39 is 10.0 Å². The summed E-state index contributed by atoms with van der Waals surface area (Å²) < 4.78 is 32.2. The average molecular weight is 347 g/mol. The van der Waals surface area contributed by atoms with Crippen LogP contribution in [-0.2, 0) is 16.6 Å². The van der Waals surface area contributed by atoms with Crippen LogP contribution in [0.4, 0.5) is 5.69 Å². The van der Waals surface area contributed by atoms with Gasteiger partial charge in [0.25, 0.3) is 0 Å². The molecule has 0 bridgehead atoms. The second kappa shape index (κ2) is 6.23. The second-order valence-corrected chi connectivity index (χ2v) is 8.19. The maximum atomic E-state index is 12.6. The van der Waals surface area contributed by atoms with Crippen LogP contribution < -0.4 is 10.5 Å². The van der Waals surface area contributed by atoms with Gasteiger partial charge in [-0.15, -0.1) is 11.3 Å². The van der Waals surface area contributed by atoms with Crippen LogP contribution in [0.5, 0.6) is 5.75 Å². The Balaban J connectivity index is 2.33. The first-order valence-corrected chi connectivity index (χ1v) is 8.62. The number of nitrogens with zero attached hydrogens (tertiary/aromatic N) is 1. The maximum Gasteiger partial charge on any atom is 0.246 e. The van der Waals surface area contributed by atoms with Crippen LogP contribution in [0.2, 0.25) is 4.34 Å². The Morgan fingerprint density at radius 1 is 1.33 bits per heavy atom. The highest BCUT2D eigenvalue weighted by atomic mass is 35.5. The molecule has 2 N–H and O–H groups in total. The molecule has 1 heterocycles. The third kappa shape index (κ3) is 3.49. The van der Waals surface area contributed by atoms with Gasteiger partial charge in [-0.05, 0) is 24.3 Å². The van der Waals surface area contributed by atoms with Crippen LogP contribution in [0, 0.1) is 0 Å². The summed E-state index contributed by atoms with van der Waals surface area (Å²) in [7, 11) is -0.749. The van der Waals surface area contributed by atoms with E-state index in [-0.39, 0.29) is 17.2 Å². The SMILES string of the molecule is COc1cc(N)ccc1S(=O)(=O)N(C)Cc1ccc(Cl)s1. The van der Waals surface area contributed by atoms with Gasteiger partial charge in [-0.3, -0.25) is 0 Å². The molecule has 0 atom stereocenters. The molecule has 1 aromatic carbocycles. The number of hydrogen-bond donors (Lipinski definition) is 1. The number of nitrogens with two attached hydrogens (primary N) is 1. The summed E-state index contributed by atoms with van der Waals surface area (Å²) in [6, 6.07) is 8.01. The van der Waals surface area contributed by atoms with E-state index in [1.807, 2.05) is 0 Å². The number of halogens is 1. The van der Waals surface area contributed by atoms with Crippen molar-refractivity contribution in [2.24, 2.45) is 0 Å². The molecule has 0 unspecified atom stereocenters. The lowest BCUT2D eigenvalue weighted by atomic mass is 10.3. The van der Waals surface area contributed by atoms with Gasteiger partial charge < -0.3 is 10.5 Å². The van der Waals surface area contributed by atoms with Gasteiger partial charge in [0, 0.05) is 30.2 Å². The lowest BCUT2D eigenvalue weighted by Crippen LogP contribution is -2.26. The van der Waals surface area contributed by atoms with Gasteiger partial charge in [0.15, 0.2) is 0 Å². The van der Waals surface area contributed by atoms with Gasteiger partial charge in [0.05, 0.1) is 11.4 Å². The molecule has 0 fully saturated rings. The molecule has 0 aliphatic rings. The zero-order valence-corrected chi connectivity index (χ0v) is 13.9. The van der Waals surface area contributed by atoms with Crippen molar-refractivity contribution in [3.8, 4) is 5.75 Å². The fourth-order valence-electron chi connectivity index (χ4n) is 1.81. The van der Waals surface area contributed by atoms with E-state index in [2.05, 4.69) is 0 Å². The van der Waals surface area contributed by atoms with Gasteiger partial charge in [-0.2, -0.15) is 4.31 Å². The van der Waals surface area contributed by atoms with E-state index >= 15 is 0 Å². The minimum Gasteiger partial charge on any atom is -0.495 e. The molecule has 0 amide bonds. The quantitative estimate of drug-likeness (QED) is 0.845. The third-order valence-electron chi connectivity index (χ3n) is 2.88. The number of thiophene rings is 1. The predicted molar refractivity (Wildman–Crippen MR) is 85.4 cm³/mol. The average Bonchev–Trinajstić information content (AvgIpc) is 2.83. The van der Waals surface area contributed by atoms with Crippen LogP contribution in [0.15, 0.2) is 35.2 Å². The summed E-state index contributed by atoms with van der Waals surface area (Å²) in [4.78, 5) is 0.949. The number of rotatable bonds is 5. The Hall–Kier alpha value is -1.28. The minimum absolute atomic E-state index is 0.0874. The highest BCUT2D eigenvalue weighted by molar-refractivity contribution is 7.89. The van der Waals surface area contributed by atoms with Crippen LogP contribution in [0.1, 0.15) is 4.88 Å². The molecule has 2 aromatic rings. The normalized spacial score (nSPS) is 11.8. The molecule has 114 valence electrons. The summed E-state index contributed by atoms with van der Waals surface area (Å²) in [5.74, 6) is 0.228. The molecule has 0 saturated heterocycles. The number of hydrogen-bond acceptors (Lipinski definition) is 5. The number of nitrogen functional groups attached to an aromatic ring is 1. The zero-order valence-electron chi connectivity index (χ0n) is 11.5. The minimum atomic E-state index is -3.67. The van der Waals surface area contributed by atoms with Gasteiger partial charge >= 0.3 is 0 Å². The fraction of sp³-hybridized carbons (Fsp3) is 0.231. The van der Waals surface area contributed by atoms with Crippen molar-refractivity contribution >= 4 is 38.6 Å². The van der Waals surface area contributed by atoms with Crippen molar-refractivity contribution < 1.29 is 13.2 Å². The van der Waals surface area contributed by atoms with Crippen molar-refractivity contribution in [1.82, 2.24) is 4.31 Å². The number of sulfonamides is 1. The van der Waals surface area contributed by atoms with Crippen molar-refractivity contribution in [2.75, 3.05) is 19.9 Å². The Bertz CT molecular complexity index is 744. The first kappa shape index (κ1) is 16.1. The Labute approximate surface area is 133 Å². The van der Waals surface area contributed by atoms with Crippen LogP contribution in [0.3, 0.4) is 0 Å². The Kier molecular flexibility index (Phi) is 4.77. The van der Waals surface area contributed by atoms with E-state index in [1.54, 1.807) is 12.1 Å². The Morgan fingerprint density at radius 3 is 2.62 bits per heavy atom. The molecular formula is C13H15ClN2O3S2. The van der Waals surface area contributed by atoms with Gasteiger partial charge in [0.1, 0.15) is 10.6 Å². The summed E-state index contributed by atoms with van der Waals surface area (Å²) >= 11 is 7.20. The van der Waals surface area contributed by atoms with Crippen molar-refractivity contribution in [3.05, 3.63) is 39.5 Å². The maximum absolute atomic E-state index is 12.6. The van der Waals surface area contributed by atoms with E-state index in [1.165, 1.54) is 48.0 Å². The smallest absolute Gasteiger partial charge is 0.246 e. The fourth-order valence-corrected chi connectivity index (χ4v) is 4.31. The molecule has 0 spiro atoms. The summed E-state index contributed by atoms with van der Waals surface area (Å²) in [6.07, 6.45) is 0. The lowest BCUT2D eigenvalue weighted by molar-refractivity contribution is 0.398. The first-order chi connectivity index (χ1) is 9.84. The molecule has 21 heavy (non-hydrogen) atoms. The number of ether oxygens (including phenoxy) is 1. The zero-order chi connectivity index (χ0) is 15.6. The van der Waals surface area contributed by atoms with E-state index in [4.69, 9.17) is 22.1 Å². The van der Waals surface area contributed by atoms with E-state index in [0.717, 1.165) is 4.88 Å². The molecule has 0 radical (unpaired) electrons. The van der Waals surface area contributed by atoms with Gasteiger partial charge in [-0.1, -0.05) is 11.6 Å². The van der Waals surface area contributed by atoms with Crippen molar-refractivity contribution in [1.29, 1.82) is 0 Å². The monoisotopic (exact) mass is 346 g/mol. The largest absolute Gasteiger partial charge is 0.495 e. The van der Waals surface area contributed by atoms with Gasteiger partial charge in [-0.25, -0.2) is 8.42 Å². The molecule has 5 nitrogen and oxygen atoms in total. The molecular weight excluding hydrogens is 332 g/mol. The number of methoxy groups -OCH3 is 1. The van der Waals surface area contributed by atoms with Crippen LogP contribution in [-0.4, -0.2) is 26.9 Å². The topological polar surface area (TPSA) is 72.6 Å². The molecule has 0 aliphatic carbocycles. The lowest BCUT2D eigenvalue weighted by Gasteiger charge is -2.18. The highest BCUT2D eigenvalue weighted by Crippen LogP contribution is 2.30.